The number of benzene rings is 1. The fourth-order valence-corrected chi connectivity index (χ4v) is 2.09. The highest BCUT2D eigenvalue weighted by Gasteiger charge is 2.21. The Labute approximate surface area is 122 Å². The van der Waals surface area contributed by atoms with Crippen LogP contribution in [-0.4, -0.2) is 20.4 Å². The number of nitrogens with two attached hydrogens (primary N) is 1. The molecule has 0 saturated carbocycles. The van der Waals surface area contributed by atoms with E-state index in [1.807, 2.05) is 13.8 Å². The van der Waals surface area contributed by atoms with E-state index in [4.69, 9.17) is 16.7 Å². The molecule has 0 fully saturated rings. The fourth-order valence-electron chi connectivity index (χ4n) is 1.34. The molecular weight excluding hydrogens is 307 g/mol. The molecule has 1 rings (SSSR count). The molecule has 0 bridgehead atoms. The number of primary sulfonamides is 1. The molecular formula is C12H16ClFN2O3S. The van der Waals surface area contributed by atoms with Gasteiger partial charge in [-0.15, -0.1) is 0 Å². The quantitative estimate of drug-likeness (QED) is 0.887. The molecule has 1 aromatic carbocycles. The van der Waals surface area contributed by atoms with Crippen molar-refractivity contribution in [3.05, 3.63) is 28.5 Å². The van der Waals surface area contributed by atoms with E-state index in [1.54, 1.807) is 6.92 Å². The maximum Gasteiger partial charge on any atom is 0.253 e. The molecule has 0 aliphatic rings. The molecule has 1 aromatic rings. The predicted octanol–water partition coefficient (Wildman–Crippen LogP) is 1.90. The first kappa shape index (κ1) is 16.9. The van der Waals surface area contributed by atoms with Gasteiger partial charge in [0.25, 0.3) is 5.91 Å². The number of hydrogen-bond donors (Lipinski definition) is 2. The number of sulfonamides is 1. The van der Waals surface area contributed by atoms with Gasteiger partial charge < -0.3 is 5.32 Å². The van der Waals surface area contributed by atoms with Crippen LogP contribution in [0, 0.1) is 11.7 Å². The zero-order valence-corrected chi connectivity index (χ0v) is 12.8. The summed E-state index contributed by atoms with van der Waals surface area (Å²) in [6.07, 6.45) is 0. The lowest BCUT2D eigenvalue weighted by atomic mass is 10.1. The highest BCUT2D eigenvalue weighted by molar-refractivity contribution is 7.89. The highest BCUT2D eigenvalue weighted by Crippen LogP contribution is 2.24. The molecule has 112 valence electrons. The summed E-state index contributed by atoms with van der Waals surface area (Å²) in [7, 11) is -4.12. The number of amides is 1. The van der Waals surface area contributed by atoms with Gasteiger partial charge in [-0.2, -0.15) is 0 Å². The van der Waals surface area contributed by atoms with Crippen LogP contribution in [0.4, 0.5) is 4.39 Å². The monoisotopic (exact) mass is 322 g/mol. The summed E-state index contributed by atoms with van der Waals surface area (Å²) in [6, 6.07) is 1.46. The van der Waals surface area contributed by atoms with Gasteiger partial charge in [0.2, 0.25) is 10.0 Å². The third kappa shape index (κ3) is 3.91. The smallest absolute Gasteiger partial charge is 0.253 e. The summed E-state index contributed by atoms with van der Waals surface area (Å²) in [4.78, 5) is 11.5. The molecule has 3 N–H and O–H groups in total. The van der Waals surface area contributed by atoms with Crippen LogP contribution in [0.5, 0.6) is 0 Å². The van der Waals surface area contributed by atoms with Crippen LogP contribution in [0.3, 0.4) is 0 Å². The molecule has 0 radical (unpaired) electrons. The minimum Gasteiger partial charge on any atom is -0.349 e. The second-order valence-electron chi connectivity index (χ2n) is 4.82. The highest BCUT2D eigenvalue weighted by atomic mass is 35.5. The zero-order chi connectivity index (χ0) is 15.7. The van der Waals surface area contributed by atoms with E-state index in [0.717, 1.165) is 6.07 Å². The molecule has 1 atom stereocenters. The van der Waals surface area contributed by atoms with Gasteiger partial charge in [0.15, 0.2) is 0 Å². The molecule has 0 aromatic heterocycles. The van der Waals surface area contributed by atoms with Crippen molar-refractivity contribution in [2.45, 2.75) is 31.7 Å². The van der Waals surface area contributed by atoms with Crippen molar-refractivity contribution >= 4 is 27.5 Å². The van der Waals surface area contributed by atoms with Crippen molar-refractivity contribution in [2.75, 3.05) is 0 Å². The van der Waals surface area contributed by atoms with Crippen LogP contribution in [0.15, 0.2) is 17.0 Å². The normalized spacial score (nSPS) is 13.3. The Morgan fingerprint density at radius 2 is 1.90 bits per heavy atom. The lowest BCUT2D eigenvalue weighted by Gasteiger charge is -2.18. The molecule has 0 spiro atoms. The van der Waals surface area contributed by atoms with Crippen LogP contribution >= 0.6 is 11.6 Å². The lowest BCUT2D eigenvalue weighted by Crippen LogP contribution is -2.36. The Kier molecular flexibility index (Phi) is 5.12. The summed E-state index contributed by atoms with van der Waals surface area (Å²) in [5.41, 5.74) is -0.261. The van der Waals surface area contributed by atoms with E-state index in [0.29, 0.717) is 6.07 Å². The van der Waals surface area contributed by atoms with Gasteiger partial charge in [0.1, 0.15) is 5.82 Å². The molecule has 8 heteroatoms. The van der Waals surface area contributed by atoms with Gasteiger partial charge >= 0.3 is 0 Å². The largest absolute Gasteiger partial charge is 0.349 e. The van der Waals surface area contributed by atoms with Crippen molar-refractivity contribution in [3.63, 3.8) is 0 Å². The van der Waals surface area contributed by atoms with Gasteiger partial charge in [-0.05, 0) is 25.0 Å². The number of hydrogen-bond acceptors (Lipinski definition) is 3. The molecule has 0 aliphatic carbocycles. The van der Waals surface area contributed by atoms with E-state index in [-0.39, 0.29) is 17.5 Å². The Morgan fingerprint density at radius 1 is 1.35 bits per heavy atom. The SMILES string of the molecule is CC(C)C(C)NC(=O)c1cc(S(N)(=O)=O)cc(F)c1Cl. The van der Waals surface area contributed by atoms with E-state index >= 15 is 0 Å². The third-order valence-electron chi connectivity index (χ3n) is 2.93. The molecule has 20 heavy (non-hydrogen) atoms. The van der Waals surface area contributed by atoms with Gasteiger partial charge in [-0.25, -0.2) is 17.9 Å². The standard InChI is InChI=1S/C12H16ClFN2O3S/c1-6(2)7(3)16-12(17)9-4-8(20(15,18)19)5-10(14)11(9)13/h4-7H,1-3H3,(H,16,17)(H2,15,18,19). The molecule has 1 amide bonds. The fraction of sp³-hybridized carbons (Fsp3) is 0.417. The second kappa shape index (κ2) is 6.07. The van der Waals surface area contributed by atoms with E-state index in [9.17, 15) is 17.6 Å². The maximum atomic E-state index is 13.6. The topological polar surface area (TPSA) is 89.3 Å². The number of rotatable bonds is 4. The van der Waals surface area contributed by atoms with Crippen LogP contribution in [0.2, 0.25) is 5.02 Å². The Bertz CT molecular complexity index is 632. The van der Waals surface area contributed by atoms with Gasteiger partial charge in [-0.1, -0.05) is 25.4 Å². The molecule has 0 heterocycles. The number of carbonyl (C=O) groups excluding carboxylic acids is 1. The first-order chi connectivity index (χ1) is 9.04. The number of carbonyl (C=O) groups is 1. The second-order valence-corrected chi connectivity index (χ2v) is 6.76. The Morgan fingerprint density at radius 3 is 2.35 bits per heavy atom. The Balaban J connectivity index is 3.24. The van der Waals surface area contributed by atoms with E-state index in [1.165, 1.54) is 0 Å². The minimum atomic E-state index is -4.12. The first-order valence-corrected chi connectivity index (χ1v) is 7.79. The summed E-state index contributed by atoms with van der Waals surface area (Å²) in [6.45, 7) is 5.57. The molecule has 0 saturated heterocycles. The van der Waals surface area contributed by atoms with Gasteiger partial charge in [0.05, 0.1) is 15.5 Å². The summed E-state index contributed by atoms with van der Waals surface area (Å²) < 4.78 is 36.1. The first-order valence-electron chi connectivity index (χ1n) is 5.86. The van der Waals surface area contributed by atoms with Crippen molar-refractivity contribution in [1.82, 2.24) is 5.32 Å². The number of nitrogens with one attached hydrogen (secondary N) is 1. The summed E-state index contributed by atoms with van der Waals surface area (Å²) in [5.74, 6) is -1.51. The van der Waals surface area contributed by atoms with E-state index in [2.05, 4.69) is 5.32 Å². The average molecular weight is 323 g/mol. The maximum absolute atomic E-state index is 13.6. The zero-order valence-electron chi connectivity index (χ0n) is 11.3. The van der Waals surface area contributed by atoms with Gasteiger partial charge in [0, 0.05) is 6.04 Å². The third-order valence-corrected chi connectivity index (χ3v) is 4.21. The minimum absolute atomic E-state index is 0.156. The molecule has 0 aliphatic heterocycles. The molecule has 5 nitrogen and oxygen atoms in total. The van der Waals surface area contributed by atoms with Crippen molar-refractivity contribution in [3.8, 4) is 0 Å². The summed E-state index contributed by atoms with van der Waals surface area (Å²) >= 11 is 5.70. The summed E-state index contributed by atoms with van der Waals surface area (Å²) in [5, 5.41) is 7.10. The van der Waals surface area contributed by atoms with Crippen LogP contribution in [-0.2, 0) is 10.0 Å². The molecule has 1 unspecified atom stereocenters. The Hall–Kier alpha value is -1.18. The van der Waals surface area contributed by atoms with Crippen molar-refractivity contribution in [2.24, 2.45) is 11.1 Å². The van der Waals surface area contributed by atoms with Crippen LogP contribution < -0.4 is 10.5 Å². The van der Waals surface area contributed by atoms with Crippen LogP contribution in [0.25, 0.3) is 0 Å². The van der Waals surface area contributed by atoms with Crippen molar-refractivity contribution < 1.29 is 17.6 Å². The average Bonchev–Trinajstić information content (AvgIpc) is 2.30. The van der Waals surface area contributed by atoms with Crippen LogP contribution in [0.1, 0.15) is 31.1 Å². The lowest BCUT2D eigenvalue weighted by molar-refractivity contribution is 0.0930. The van der Waals surface area contributed by atoms with Crippen molar-refractivity contribution in [1.29, 1.82) is 0 Å². The van der Waals surface area contributed by atoms with Gasteiger partial charge in [-0.3, -0.25) is 4.79 Å². The van der Waals surface area contributed by atoms with E-state index < -0.39 is 31.7 Å². The predicted molar refractivity (Wildman–Crippen MR) is 74.5 cm³/mol. The number of halogens is 2.